The lowest BCUT2D eigenvalue weighted by Gasteiger charge is -2.27. The first-order chi connectivity index (χ1) is 11.3. The molecule has 2 aliphatic heterocycles. The van der Waals surface area contributed by atoms with Crippen LogP contribution in [0.3, 0.4) is 0 Å². The summed E-state index contributed by atoms with van der Waals surface area (Å²) >= 11 is 0. The molecule has 2 atom stereocenters. The smallest absolute Gasteiger partial charge is 0.281 e. The van der Waals surface area contributed by atoms with Gasteiger partial charge in [-0.3, -0.25) is 9.78 Å². The maximum atomic E-state index is 13.1. The standard InChI is InChI=1S/C16H24N4O3S/c1-13-10-20(24(22,23)18(2)3)12-16(13)6-8-19(15(16)21)11-14-5-4-7-17-9-14/h4-5,7,9,13H,6,8,10-12H2,1-3H3/t13-,16-/m1/s1. The summed E-state index contributed by atoms with van der Waals surface area (Å²) in [6.45, 7) is 3.84. The summed E-state index contributed by atoms with van der Waals surface area (Å²) in [5.74, 6) is 0.0777. The fourth-order valence-corrected chi connectivity index (χ4v) is 5.01. The van der Waals surface area contributed by atoms with Crippen LogP contribution >= 0.6 is 0 Å². The number of hydrogen-bond acceptors (Lipinski definition) is 4. The van der Waals surface area contributed by atoms with Gasteiger partial charge in [0.25, 0.3) is 10.2 Å². The minimum Gasteiger partial charge on any atom is -0.338 e. The van der Waals surface area contributed by atoms with Crippen molar-refractivity contribution >= 4 is 16.1 Å². The van der Waals surface area contributed by atoms with Crippen molar-refractivity contribution in [2.45, 2.75) is 19.9 Å². The van der Waals surface area contributed by atoms with Crippen molar-refractivity contribution in [3.05, 3.63) is 30.1 Å². The van der Waals surface area contributed by atoms with E-state index in [0.717, 1.165) is 5.56 Å². The second-order valence-electron chi connectivity index (χ2n) is 6.98. The maximum absolute atomic E-state index is 13.1. The largest absolute Gasteiger partial charge is 0.338 e. The molecule has 132 valence electrons. The SMILES string of the molecule is C[C@@H]1CN(S(=O)(=O)N(C)C)C[C@]12CCN(Cc1cccnc1)C2=O. The Labute approximate surface area is 143 Å². The quantitative estimate of drug-likeness (QED) is 0.794. The number of hydrogen-bond donors (Lipinski definition) is 0. The van der Waals surface area contributed by atoms with Crippen LogP contribution < -0.4 is 0 Å². The first kappa shape index (κ1) is 17.3. The van der Waals surface area contributed by atoms with E-state index in [9.17, 15) is 13.2 Å². The molecule has 3 rings (SSSR count). The van der Waals surface area contributed by atoms with Crippen LogP contribution in [0.1, 0.15) is 18.9 Å². The fourth-order valence-electron chi connectivity index (χ4n) is 3.75. The number of amides is 1. The average molecular weight is 352 g/mol. The third kappa shape index (κ3) is 2.72. The number of likely N-dealkylation sites (tertiary alicyclic amines) is 1. The monoisotopic (exact) mass is 352 g/mol. The predicted octanol–water partition coefficient (Wildman–Crippen LogP) is 0.558. The lowest BCUT2D eigenvalue weighted by Crippen LogP contribution is -2.42. The number of aromatic nitrogens is 1. The van der Waals surface area contributed by atoms with Gasteiger partial charge in [-0.25, -0.2) is 0 Å². The molecule has 0 N–H and O–H groups in total. The van der Waals surface area contributed by atoms with E-state index in [1.807, 2.05) is 24.0 Å². The summed E-state index contributed by atoms with van der Waals surface area (Å²) in [7, 11) is -0.439. The van der Waals surface area contributed by atoms with Crippen LogP contribution in [0.15, 0.2) is 24.5 Å². The molecule has 1 spiro atoms. The molecule has 1 amide bonds. The molecule has 1 aromatic rings. The molecule has 0 unspecified atom stereocenters. The summed E-state index contributed by atoms with van der Waals surface area (Å²) in [5.41, 5.74) is 0.400. The molecule has 24 heavy (non-hydrogen) atoms. The molecular formula is C16H24N4O3S. The summed E-state index contributed by atoms with van der Waals surface area (Å²) < 4.78 is 27.5. The van der Waals surface area contributed by atoms with Gasteiger partial charge in [0.15, 0.2) is 0 Å². The van der Waals surface area contributed by atoms with Crippen molar-refractivity contribution in [1.29, 1.82) is 0 Å². The van der Waals surface area contributed by atoms with E-state index in [1.165, 1.54) is 22.7 Å². The molecule has 2 saturated heterocycles. The van der Waals surface area contributed by atoms with E-state index in [0.29, 0.717) is 26.1 Å². The summed E-state index contributed by atoms with van der Waals surface area (Å²) in [6.07, 6.45) is 4.17. The highest BCUT2D eigenvalue weighted by molar-refractivity contribution is 7.86. The Bertz CT molecular complexity index is 722. The van der Waals surface area contributed by atoms with Gasteiger partial charge in [0, 0.05) is 52.7 Å². The number of rotatable bonds is 4. The molecule has 7 nitrogen and oxygen atoms in total. The van der Waals surface area contributed by atoms with Gasteiger partial charge in [-0.1, -0.05) is 13.0 Å². The maximum Gasteiger partial charge on any atom is 0.281 e. The molecule has 0 aliphatic carbocycles. The van der Waals surface area contributed by atoms with Crippen molar-refractivity contribution in [3.8, 4) is 0 Å². The molecule has 0 radical (unpaired) electrons. The highest BCUT2D eigenvalue weighted by atomic mass is 32.2. The Kier molecular flexibility index (Phi) is 4.39. The molecule has 2 aliphatic rings. The minimum atomic E-state index is -3.49. The first-order valence-corrected chi connectivity index (χ1v) is 9.53. The molecule has 0 aromatic carbocycles. The second kappa shape index (κ2) is 6.09. The second-order valence-corrected chi connectivity index (χ2v) is 9.12. The molecule has 0 bridgehead atoms. The van der Waals surface area contributed by atoms with Gasteiger partial charge in [0.1, 0.15) is 0 Å². The highest BCUT2D eigenvalue weighted by Gasteiger charge is 2.57. The zero-order valence-corrected chi connectivity index (χ0v) is 15.2. The number of pyridine rings is 1. The molecule has 3 heterocycles. The van der Waals surface area contributed by atoms with Crippen molar-refractivity contribution < 1.29 is 13.2 Å². The van der Waals surface area contributed by atoms with Gasteiger partial charge >= 0.3 is 0 Å². The van der Waals surface area contributed by atoms with E-state index in [2.05, 4.69) is 4.98 Å². The number of carbonyl (C=O) groups excluding carboxylic acids is 1. The molecule has 8 heteroatoms. The van der Waals surface area contributed by atoms with Gasteiger partial charge in [-0.2, -0.15) is 17.0 Å². The number of nitrogens with zero attached hydrogens (tertiary/aromatic N) is 4. The third-order valence-corrected chi connectivity index (χ3v) is 7.16. The average Bonchev–Trinajstić information content (AvgIpc) is 3.04. The van der Waals surface area contributed by atoms with Gasteiger partial charge < -0.3 is 4.90 Å². The first-order valence-electron chi connectivity index (χ1n) is 8.13. The normalized spacial score (nSPS) is 28.4. The van der Waals surface area contributed by atoms with Crippen LogP contribution in [0.5, 0.6) is 0 Å². The molecular weight excluding hydrogens is 328 g/mol. The molecule has 1 aromatic heterocycles. The predicted molar refractivity (Wildman–Crippen MR) is 90.0 cm³/mol. The Morgan fingerprint density at radius 2 is 2.17 bits per heavy atom. The Morgan fingerprint density at radius 1 is 1.42 bits per heavy atom. The lowest BCUT2D eigenvalue weighted by molar-refractivity contribution is -0.137. The fraction of sp³-hybridized carbons (Fsp3) is 0.625. The highest BCUT2D eigenvalue weighted by Crippen LogP contribution is 2.45. The van der Waals surface area contributed by atoms with Gasteiger partial charge in [0.2, 0.25) is 5.91 Å². The molecule has 0 saturated carbocycles. The van der Waals surface area contributed by atoms with Gasteiger partial charge in [-0.05, 0) is 24.0 Å². The zero-order chi connectivity index (χ0) is 17.5. The third-order valence-electron chi connectivity index (χ3n) is 5.30. The van der Waals surface area contributed by atoms with E-state index in [-0.39, 0.29) is 18.4 Å². The van der Waals surface area contributed by atoms with Crippen molar-refractivity contribution in [3.63, 3.8) is 0 Å². The van der Waals surface area contributed by atoms with Gasteiger partial charge in [-0.15, -0.1) is 0 Å². The van der Waals surface area contributed by atoms with Crippen molar-refractivity contribution in [2.24, 2.45) is 11.3 Å². The van der Waals surface area contributed by atoms with Crippen LogP contribution in [0.25, 0.3) is 0 Å². The van der Waals surface area contributed by atoms with Crippen LogP contribution in [0.2, 0.25) is 0 Å². The van der Waals surface area contributed by atoms with Gasteiger partial charge in [0.05, 0.1) is 5.41 Å². The van der Waals surface area contributed by atoms with Crippen LogP contribution in [0, 0.1) is 11.3 Å². The summed E-state index contributed by atoms with van der Waals surface area (Å²) in [5, 5.41) is 0. The lowest BCUT2D eigenvalue weighted by atomic mass is 9.78. The van der Waals surface area contributed by atoms with Crippen LogP contribution in [0.4, 0.5) is 0 Å². The van der Waals surface area contributed by atoms with Crippen molar-refractivity contribution in [1.82, 2.24) is 18.5 Å². The topological polar surface area (TPSA) is 73.8 Å². The van der Waals surface area contributed by atoms with Crippen molar-refractivity contribution in [2.75, 3.05) is 33.7 Å². The molecule has 2 fully saturated rings. The minimum absolute atomic E-state index is 0.0126. The van der Waals surface area contributed by atoms with Crippen LogP contribution in [-0.4, -0.2) is 66.5 Å². The van der Waals surface area contributed by atoms with Crippen LogP contribution in [-0.2, 0) is 21.5 Å². The Hall–Kier alpha value is -1.51. The number of carbonyl (C=O) groups is 1. The van der Waals surface area contributed by atoms with E-state index in [1.54, 1.807) is 12.4 Å². The Balaban J connectivity index is 1.78. The Morgan fingerprint density at radius 3 is 2.79 bits per heavy atom. The van der Waals surface area contributed by atoms with E-state index >= 15 is 0 Å². The summed E-state index contributed by atoms with van der Waals surface area (Å²) in [4.78, 5) is 19.0. The summed E-state index contributed by atoms with van der Waals surface area (Å²) in [6, 6.07) is 3.81. The van der Waals surface area contributed by atoms with E-state index < -0.39 is 15.6 Å². The zero-order valence-electron chi connectivity index (χ0n) is 14.3. The van der Waals surface area contributed by atoms with E-state index in [4.69, 9.17) is 0 Å².